The summed E-state index contributed by atoms with van der Waals surface area (Å²) in [6.07, 6.45) is 3.80. The molecule has 0 radical (unpaired) electrons. The molecule has 0 bridgehead atoms. The van der Waals surface area contributed by atoms with Crippen LogP contribution in [0.3, 0.4) is 0 Å². The Morgan fingerprint density at radius 1 is 1.52 bits per heavy atom. The minimum absolute atomic E-state index is 0.557. The highest BCUT2D eigenvalue weighted by atomic mass is 32.1. The number of hydrogen-bond acceptors (Lipinski definition) is 3. The first-order valence-electron chi connectivity index (χ1n) is 8.78. The molecule has 0 aromatic carbocycles. The van der Waals surface area contributed by atoms with E-state index in [0.29, 0.717) is 5.92 Å². The van der Waals surface area contributed by atoms with Gasteiger partial charge in [-0.25, -0.2) is 0 Å². The lowest BCUT2D eigenvalue weighted by Gasteiger charge is -2.22. The Hall–Kier alpha value is -1.07. The van der Waals surface area contributed by atoms with Gasteiger partial charge in [-0.05, 0) is 49.5 Å². The predicted octanol–water partition coefficient (Wildman–Crippen LogP) is 3.25. The third kappa shape index (κ3) is 7.36. The summed E-state index contributed by atoms with van der Waals surface area (Å²) in [4.78, 5) is 8.42. The molecule has 4 nitrogen and oxygen atoms in total. The van der Waals surface area contributed by atoms with Gasteiger partial charge >= 0.3 is 0 Å². The molecule has 5 heteroatoms. The molecular weight excluding hydrogens is 306 g/mol. The topological polar surface area (TPSA) is 36.9 Å². The van der Waals surface area contributed by atoms with E-state index >= 15 is 0 Å². The molecule has 1 heterocycles. The Labute approximate surface area is 144 Å². The molecule has 1 saturated carbocycles. The molecule has 1 unspecified atom stereocenters. The molecule has 0 spiro atoms. The van der Waals surface area contributed by atoms with Crippen LogP contribution in [0.1, 0.15) is 31.6 Å². The normalized spacial score (nSPS) is 16.4. The molecule has 1 aromatic rings. The van der Waals surface area contributed by atoms with Gasteiger partial charge in [0.2, 0.25) is 0 Å². The van der Waals surface area contributed by atoms with Crippen molar-refractivity contribution in [3.63, 3.8) is 0 Å². The molecule has 0 amide bonds. The lowest BCUT2D eigenvalue weighted by molar-refractivity contribution is 0.115. The van der Waals surface area contributed by atoms with E-state index in [-0.39, 0.29) is 0 Å². The Morgan fingerprint density at radius 2 is 2.35 bits per heavy atom. The maximum Gasteiger partial charge on any atom is 0.193 e. The summed E-state index contributed by atoms with van der Waals surface area (Å²) in [6, 6.07) is 4.33. The molecule has 2 rings (SSSR count). The predicted molar refractivity (Wildman–Crippen MR) is 99.3 cm³/mol. The first-order chi connectivity index (χ1) is 11.2. The summed E-state index contributed by atoms with van der Waals surface area (Å²) in [7, 11) is 2.09. The van der Waals surface area contributed by atoms with Crippen molar-refractivity contribution in [2.75, 3.05) is 39.9 Å². The summed E-state index contributed by atoms with van der Waals surface area (Å²) in [5, 5.41) is 5.53. The molecule has 23 heavy (non-hydrogen) atoms. The highest BCUT2D eigenvalue weighted by Gasteiger charge is 2.21. The molecule has 1 atom stereocenters. The number of guanidine groups is 1. The van der Waals surface area contributed by atoms with Crippen LogP contribution < -0.4 is 5.32 Å². The van der Waals surface area contributed by atoms with Crippen molar-refractivity contribution in [3.05, 3.63) is 22.4 Å². The minimum atomic E-state index is 0.557. The smallest absolute Gasteiger partial charge is 0.193 e. The Balaban J connectivity index is 1.72. The quantitative estimate of drug-likeness (QED) is 0.404. The summed E-state index contributed by atoms with van der Waals surface area (Å²) < 4.78 is 5.73. The van der Waals surface area contributed by atoms with E-state index in [0.717, 1.165) is 51.1 Å². The van der Waals surface area contributed by atoms with Crippen LogP contribution in [0.4, 0.5) is 0 Å². The second-order valence-electron chi connectivity index (χ2n) is 6.52. The van der Waals surface area contributed by atoms with Crippen molar-refractivity contribution in [1.82, 2.24) is 10.2 Å². The number of ether oxygens (including phenoxy) is 1. The first-order valence-corrected chi connectivity index (χ1v) is 9.66. The van der Waals surface area contributed by atoms with Crippen LogP contribution in [-0.4, -0.2) is 50.8 Å². The van der Waals surface area contributed by atoms with Crippen LogP contribution >= 0.6 is 11.3 Å². The van der Waals surface area contributed by atoms with Gasteiger partial charge in [-0.3, -0.25) is 4.99 Å². The number of nitrogens with one attached hydrogen (secondary N) is 1. The highest BCUT2D eigenvalue weighted by molar-refractivity contribution is 7.09. The van der Waals surface area contributed by atoms with Crippen molar-refractivity contribution in [3.8, 4) is 0 Å². The molecule has 1 aromatic heterocycles. The molecular formula is C18H31N3OS. The van der Waals surface area contributed by atoms with Gasteiger partial charge in [-0.15, -0.1) is 11.3 Å². The van der Waals surface area contributed by atoms with Gasteiger partial charge in [-0.1, -0.05) is 13.0 Å². The first kappa shape index (κ1) is 18.3. The fourth-order valence-corrected chi connectivity index (χ4v) is 3.26. The number of thiophene rings is 1. The van der Waals surface area contributed by atoms with E-state index in [2.05, 4.69) is 48.6 Å². The summed E-state index contributed by atoms with van der Waals surface area (Å²) in [5.74, 6) is 2.38. The Kier molecular flexibility index (Phi) is 7.89. The van der Waals surface area contributed by atoms with Crippen LogP contribution in [-0.2, 0) is 11.2 Å². The molecule has 1 aliphatic rings. The van der Waals surface area contributed by atoms with E-state index in [9.17, 15) is 0 Å². The van der Waals surface area contributed by atoms with Crippen LogP contribution in [0.2, 0.25) is 0 Å². The van der Waals surface area contributed by atoms with Crippen LogP contribution in [0.15, 0.2) is 22.5 Å². The van der Waals surface area contributed by atoms with Crippen molar-refractivity contribution >= 4 is 17.3 Å². The van der Waals surface area contributed by atoms with E-state index in [4.69, 9.17) is 9.73 Å². The summed E-state index contributed by atoms with van der Waals surface area (Å²) in [5.41, 5.74) is 0. The maximum absolute atomic E-state index is 5.73. The lowest BCUT2D eigenvalue weighted by Crippen LogP contribution is -2.41. The average molecular weight is 338 g/mol. The average Bonchev–Trinajstić information content (AvgIpc) is 3.23. The third-order valence-electron chi connectivity index (χ3n) is 4.00. The van der Waals surface area contributed by atoms with Gasteiger partial charge < -0.3 is 15.0 Å². The van der Waals surface area contributed by atoms with Crippen molar-refractivity contribution in [1.29, 1.82) is 0 Å². The van der Waals surface area contributed by atoms with E-state index in [1.165, 1.54) is 17.7 Å². The van der Waals surface area contributed by atoms with Gasteiger partial charge in [0.15, 0.2) is 5.96 Å². The molecule has 0 aliphatic heterocycles. The van der Waals surface area contributed by atoms with Crippen molar-refractivity contribution in [2.45, 2.75) is 33.1 Å². The molecule has 0 saturated heterocycles. The Morgan fingerprint density at radius 3 is 3.00 bits per heavy atom. The standard InChI is InChI=1S/C18H31N3OS/c1-4-19-18(21(3)9-10-22-14-16-7-8-16)20-13-15(2)12-17-6-5-11-23-17/h5-6,11,15-16H,4,7-10,12-14H2,1-3H3,(H,19,20). The fourth-order valence-electron chi connectivity index (χ4n) is 2.39. The van der Waals surface area contributed by atoms with Gasteiger partial charge in [0, 0.05) is 38.2 Å². The zero-order valence-electron chi connectivity index (χ0n) is 14.8. The molecule has 130 valence electrons. The highest BCUT2D eigenvalue weighted by Crippen LogP contribution is 2.28. The van der Waals surface area contributed by atoms with E-state index in [1.807, 2.05) is 11.3 Å². The van der Waals surface area contributed by atoms with Crippen molar-refractivity contribution < 1.29 is 4.74 Å². The zero-order valence-corrected chi connectivity index (χ0v) is 15.6. The molecule has 1 fully saturated rings. The number of nitrogens with zero attached hydrogens (tertiary/aromatic N) is 2. The Bertz CT molecular complexity index is 457. The third-order valence-corrected chi connectivity index (χ3v) is 4.90. The maximum atomic E-state index is 5.73. The van der Waals surface area contributed by atoms with Crippen LogP contribution in [0, 0.1) is 11.8 Å². The summed E-state index contributed by atoms with van der Waals surface area (Å²) >= 11 is 1.83. The van der Waals surface area contributed by atoms with E-state index < -0.39 is 0 Å². The second kappa shape index (κ2) is 9.93. The molecule has 1 N–H and O–H groups in total. The second-order valence-corrected chi connectivity index (χ2v) is 7.56. The zero-order chi connectivity index (χ0) is 16.5. The minimum Gasteiger partial charge on any atom is -0.379 e. The number of rotatable bonds is 10. The number of likely N-dealkylation sites (N-methyl/N-ethyl adjacent to an activating group) is 1. The SMILES string of the molecule is CCNC(=NCC(C)Cc1cccs1)N(C)CCOCC1CC1. The van der Waals surface area contributed by atoms with Gasteiger partial charge in [0.25, 0.3) is 0 Å². The lowest BCUT2D eigenvalue weighted by atomic mass is 10.1. The van der Waals surface area contributed by atoms with Gasteiger partial charge in [-0.2, -0.15) is 0 Å². The molecule has 1 aliphatic carbocycles. The van der Waals surface area contributed by atoms with Crippen LogP contribution in [0.5, 0.6) is 0 Å². The summed E-state index contributed by atoms with van der Waals surface area (Å²) in [6.45, 7) is 8.73. The largest absolute Gasteiger partial charge is 0.379 e. The van der Waals surface area contributed by atoms with Crippen molar-refractivity contribution in [2.24, 2.45) is 16.8 Å². The van der Waals surface area contributed by atoms with Gasteiger partial charge in [0.1, 0.15) is 0 Å². The van der Waals surface area contributed by atoms with Crippen LogP contribution in [0.25, 0.3) is 0 Å². The van der Waals surface area contributed by atoms with Gasteiger partial charge in [0.05, 0.1) is 6.61 Å². The number of aliphatic imine (C=N–C) groups is 1. The fraction of sp³-hybridized carbons (Fsp3) is 0.722. The van der Waals surface area contributed by atoms with E-state index in [1.54, 1.807) is 0 Å². The number of hydrogen-bond donors (Lipinski definition) is 1. The monoisotopic (exact) mass is 337 g/mol.